The van der Waals surface area contributed by atoms with Gasteiger partial charge in [-0.15, -0.1) is 0 Å². The molecule has 0 spiro atoms. The van der Waals surface area contributed by atoms with Gasteiger partial charge in [0.15, 0.2) is 6.10 Å². The highest BCUT2D eigenvalue weighted by Crippen LogP contribution is 2.18. The molecule has 18 heavy (non-hydrogen) atoms. The van der Waals surface area contributed by atoms with Gasteiger partial charge in [-0.2, -0.15) is 13.2 Å². The van der Waals surface area contributed by atoms with Gasteiger partial charge in [-0.25, -0.2) is 4.79 Å². The molecule has 1 aromatic rings. The van der Waals surface area contributed by atoms with Gasteiger partial charge in [-0.3, -0.25) is 0 Å². The Hall–Kier alpha value is -1.76. The van der Waals surface area contributed by atoms with Crippen molar-refractivity contribution < 1.29 is 32.9 Å². The lowest BCUT2D eigenvalue weighted by Gasteiger charge is -2.15. The number of carboxylic acid groups (broad SMARTS) is 1. The third-order valence-corrected chi connectivity index (χ3v) is 2.08. The van der Waals surface area contributed by atoms with E-state index in [1.807, 2.05) is 0 Å². The summed E-state index contributed by atoms with van der Waals surface area (Å²) in [6.45, 7) is -1.61. The molecule has 0 radical (unpaired) electrons. The minimum Gasteiger partial charge on any atom is -0.508 e. The number of rotatable bonds is 5. The summed E-state index contributed by atoms with van der Waals surface area (Å²) in [5, 5.41) is 17.8. The fourth-order valence-electron chi connectivity index (χ4n) is 1.26. The summed E-state index contributed by atoms with van der Waals surface area (Å²) in [5.41, 5.74) is 0.461. The third kappa shape index (κ3) is 5.05. The van der Waals surface area contributed by atoms with Crippen LogP contribution in [0.4, 0.5) is 13.2 Å². The maximum absolute atomic E-state index is 11.9. The first-order chi connectivity index (χ1) is 8.28. The van der Waals surface area contributed by atoms with Crippen LogP contribution in [-0.4, -0.2) is 35.1 Å². The van der Waals surface area contributed by atoms with E-state index in [0.717, 1.165) is 0 Å². The maximum Gasteiger partial charge on any atom is 0.411 e. The van der Waals surface area contributed by atoms with Gasteiger partial charge in [-0.05, 0) is 17.7 Å². The third-order valence-electron chi connectivity index (χ3n) is 2.08. The van der Waals surface area contributed by atoms with E-state index in [9.17, 15) is 18.0 Å². The van der Waals surface area contributed by atoms with Gasteiger partial charge in [0.1, 0.15) is 12.4 Å². The minimum atomic E-state index is -4.57. The summed E-state index contributed by atoms with van der Waals surface area (Å²) in [4.78, 5) is 10.7. The van der Waals surface area contributed by atoms with Gasteiger partial charge >= 0.3 is 12.1 Å². The van der Waals surface area contributed by atoms with Crippen molar-refractivity contribution in [1.82, 2.24) is 0 Å². The Bertz CT molecular complexity index is 400. The van der Waals surface area contributed by atoms with Gasteiger partial charge in [0.2, 0.25) is 0 Å². The monoisotopic (exact) mass is 264 g/mol. The first-order valence-electron chi connectivity index (χ1n) is 4.97. The van der Waals surface area contributed by atoms with E-state index >= 15 is 0 Å². The summed E-state index contributed by atoms with van der Waals surface area (Å²) in [5.74, 6) is -1.48. The van der Waals surface area contributed by atoms with Crippen molar-refractivity contribution in [2.45, 2.75) is 18.7 Å². The lowest BCUT2D eigenvalue weighted by atomic mass is 10.1. The molecule has 0 fully saturated rings. The van der Waals surface area contributed by atoms with Crippen molar-refractivity contribution in [2.75, 3.05) is 6.61 Å². The first-order valence-corrected chi connectivity index (χ1v) is 4.97. The summed E-state index contributed by atoms with van der Waals surface area (Å²) in [7, 11) is 0. The number of benzene rings is 1. The Morgan fingerprint density at radius 1 is 1.28 bits per heavy atom. The number of aromatic hydroxyl groups is 1. The maximum atomic E-state index is 11.9. The molecule has 1 aromatic carbocycles. The second kappa shape index (κ2) is 5.72. The average molecular weight is 264 g/mol. The van der Waals surface area contributed by atoms with E-state index in [1.165, 1.54) is 24.3 Å². The number of ether oxygens (including phenoxy) is 1. The number of alkyl halides is 3. The topological polar surface area (TPSA) is 66.8 Å². The van der Waals surface area contributed by atoms with Gasteiger partial charge < -0.3 is 14.9 Å². The minimum absolute atomic E-state index is 0.0122. The molecule has 0 bridgehead atoms. The first kappa shape index (κ1) is 14.3. The Morgan fingerprint density at radius 2 is 1.83 bits per heavy atom. The van der Waals surface area contributed by atoms with Crippen molar-refractivity contribution in [1.29, 1.82) is 0 Å². The van der Waals surface area contributed by atoms with E-state index in [4.69, 9.17) is 10.2 Å². The Balaban J connectivity index is 2.63. The molecule has 4 nitrogen and oxygen atoms in total. The van der Waals surface area contributed by atoms with E-state index in [1.54, 1.807) is 0 Å². The highest BCUT2D eigenvalue weighted by molar-refractivity contribution is 5.72. The standard InChI is InChI=1S/C11H11F3O4/c12-11(13,14)6-18-9(10(16)17)5-7-1-3-8(15)4-2-7/h1-4,9,15H,5-6H2,(H,16,17). The molecule has 0 saturated heterocycles. The number of phenols is 1. The highest BCUT2D eigenvalue weighted by Gasteiger charge is 2.31. The number of hydrogen-bond acceptors (Lipinski definition) is 3. The SMILES string of the molecule is O=C(O)C(Cc1ccc(O)cc1)OCC(F)(F)F. The van der Waals surface area contributed by atoms with E-state index < -0.39 is 24.9 Å². The van der Waals surface area contributed by atoms with Crippen molar-refractivity contribution in [3.05, 3.63) is 29.8 Å². The largest absolute Gasteiger partial charge is 0.508 e. The molecule has 0 aliphatic rings. The Labute approximate surface area is 101 Å². The van der Waals surface area contributed by atoms with Crippen molar-refractivity contribution in [3.63, 3.8) is 0 Å². The number of phenolic OH excluding ortho intramolecular Hbond substituents is 1. The molecule has 0 saturated carbocycles. The van der Waals surface area contributed by atoms with Crippen LogP contribution in [0.5, 0.6) is 5.75 Å². The average Bonchev–Trinajstić information content (AvgIpc) is 2.25. The molecule has 0 aromatic heterocycles. The normalized spacial score (nSPS) is 13.3. The van der Waals surface area contributed by atoms with Crippen LogP contribution < -0.4 is 0 Å². The van der Waals surface area contributed by atoms with Crippen LogP contribution in [0.1, 0.15) is 5.56 Å². The summed E-state index contributed by atoms with van der Waals surface area (Å²) < 4.78 is 40.1. The fourth-order valence-corrected chi connectivity index (χ4v) is 1.26. The van der Waals surface area contributed by atoms with E-state index in [-0.39, 0.29) is 12.2 Å². The van der Waals surface area contributed by atoms with Crippen LogP contribution in [0.3, 0.4) is 0 Å². The Morgan fingerprint density at radius 3 is 2.28 bits per heavy atom. The van der Waals surface area contributed by atoms with E-state index in [2.05, 4.69) is 4.74 Å². The van der Waals surface area contributed by atoms with E-state index in [0.29, 0.717) is 5.56 Å². The fraction of sp³-hybridized carbons (Fsp3) is 0.364. The summed E-state index contributed by atoms with van der Waals surface area (Å²) in [6.07, 6.45) is -6.34. The molecule has 1 rings (SSSR count). The van der Waals surface area contributed by atoms with Gasteiger partial charge in [-0.1, -0.05) is 12.1 Å². The summed E-state index contributed by atoms with van der Waals surface area (Å²) >= 11 is 0. The molecule has 0 heterocycles. The van der Waals surface area contributed by atoms with Gasteiger partial charge in [0.05, 0.1) is 0 Å². The number of carbonyl (C=O) groups is 1. The zero-order valence-corrected chi connectivity index (χ0v) is 9.15. The second-order valence-corrected chi connectivity index (χ2v) is 3.62. The molecule has 0 aliphatic heterocycles. The molecule has 0 aliphatic carbocycles. The molecule has 2 N–H and O–H groups in total. The molecular weight excluding hydrogens is 253 g/mol. The zero-order chi connectivity index (χ0) is 13.8. The quantitative estimate of drug-likeness (QED) is 0.853. The molecular formula is C11H11F3O4. The molecule has 100 valence electrons. The number of hydrogen-bond donors (Lipinski definition) is 2. The second-order valence-electron chi connectivity index (χ2n) is 3.62. The number of aliphatic carboxylic acids is 1. The van der Waals surface area contributed by atoms with Crippen molar-refractivity contribution in [3.8, 4) is 5.75 Å². The van der Waals surface area contributed by atoms with Crippen LogP contribution in [0, 0.1) is 0 Å². The van der Waals surface area contributed by atoms with Crippen molar-refractivity contribution in [2.24, 2.45) is 0 Å². The number of halogens is 3. The van der Waals surface area contributed by atoms with Crippen LogP contribution in [0.15, 0.2) is 24.3 Å². The molecule has 0 amide bonds. The summed E-state index contributed by atoms with van der Waals surface area (Å²) in [6, 6.07) is 5.47. The predicted molar refractivity (Wildman–Crippen MR) is 55.2 cm³/mol. The number of carboxylic acids is 1. The molecule has 7 heteroatoms. The van der Waals surface area contributed by atoms with Crippen LogP contribution in [0.25, 0.3) is 0 Å². The molecule has 1 unspecified atom stereocenters. The lowest BCUT2D eigenvalue weighted by Crippen LogP contribution is -2.31. The van der Waals surface area contributed by atoms with Crippen LogP contribution in [-0.2, 0) is 16.0 Å². The highest BCUT2D eigenvalue weighted by atomic mass is 19.4. The molecule has 1 atom stereocenters. The zero-order valence-electron chi connectivity index (χ0n) is 9.15. The van der Waals surface area contributed by atoms with Gasteiger partial charge in [0.25, 0.3) is 0 Å². The smallest absolute Gasteiger partial charge is 0.411 e. The van der Waals surface area contributed by atoms with Crippen LogP contribution >= 0.6 is 0 Å². The lowest BCUT2D eigenvalue weighted by molar-refractivity contribution is -0.192. The Kier molecular flexibility index (Phi) is 4.55. The van der Waals surface area contributed by atoms with Crippen LogP contribution in [0.2, 0.25) is 0 Å². The van der Waals surface area contributed by atoms with Gasteiger partial charge in [0, 0.05) is 6.42 Å². The predicted octanol–water partition coefficient (Wildman–Crippen LogP) is 1.97. The van der Waals surface area contributed by atoms with Crippen molar-refractivity contribution >= 4 is 5.97 Å².